The summed E-state index contributed by atoms with van der Waals surface area (Å²) in [7, 11) is -4.09. The van der Waals surface area contributed by atoms with E-state index in [-0.39, 0.29) is 32.1 Å². The minimum atomic E-state index is -4.09. The van der Waals surface area contributed by atoms with E-state index in [0.717, 1.165) is 12.1 Å². The molecule has 0 bridgehead atoms. The van der Waals surface area contributed by atoms with Crippen LogP contribution in [0.4, 0.5) is 5.69 Å². The molecule has 1 aliphatic heterocycles. The number of benzene rings is 3. The number of anilines is 1. The van der Waals surface area contributed by atoms with Gasteiger partial charge in [-0.1, -0.05) is 83.4 Å². The van der Waals surface area contributed by atoms with E-state index in [1.54, 1.807) is 23.1 Å². The van der Waals surface area contributed by atoms with Crippen LogP contribution >= 0.6 is 34.8 Å². The summed E-state index contributed by atoms with van der Waals surface area (Å²) in [5.41, 5.74) is 1.50. The molecule has 36 heavy (non-hydrogen) atoms. The Morgan fingerprint density at radius 2 is 1.61 bits per heavy atom. The van der Waals surface area contributed by atoms with E-state index in [4.69, 9.17) is 34.8 Å². The zero-order valence-electron chi connectivity index (χ0n) is 19.2. The highest BCUT2D eigenvalue weighted by Gasteiger charge is 2.27. The van der Waals surface area contributed by atoms with Crippen LogP contribution in [0, 0.1) is 0 Å². The van der Waals surface area contributed by atoms with Crippen LogP contribution in [0.5, 0.6) is 0 Å². The lowest BCUT2D eigenvalue weighted by atomic mass is 10.1. The van der Waals surface area contributed by atoms with Gasteiger partial charge in [0.25, 0.3) is 15.9 Å². The van der Waals surface area contributed by atoms with Crippen molar-refractivity contribution in [1.29, 1.82) is 0 Å². The topological polar surface area (TPSA) is 69.7 Å². The first kappa shape index (κ1) is 26.5. The van der Waals surface area contributed by atoms with Crippen LogP contribution in [0.25, 0.3) is 6.08 Å². The van der Waals surface area contributed by atoms with Gasteiger partial charge in [0, 0.05) is 37.7 Å². The molecule has 3 aromatic rings. The fourth-order valence-electron chi connectivity index (χ4n) is 3.87. The number of nitrogens with zero attached hydrogens (tertiary/aromatic N) is 2. The third kappa shape index (κ3) is 6.60. The second-order valence-electron chi connectivity index (χ2n) is 8.28. The Balaban J connectivity index is 1.44. The summed E-state index contributed by atoms with van der Waals surface area (Å²) in [6, 6.07) is 18.9. The second kappa shape index (κ2) is 11.7. The lowest BCUT2D eigenvalue weighted by Crippen LogP contribution is -2.48. The number of nitrogens with one attached hydrogen (secondary N) is 1. The minimum Gasteiger partial charge on any atom is -0.336 e. The third-order valence-electron chi connectivity index (χ3n) is 5.75. The average Bonchev–Trinajstić information content (AvgIpc) is 2.84. The molecule has 0 atom stereocenters. The predicted molar refractivity (Wildman–Crippen MR) is 147 cm³/mol. The van der Waals surface area contributed by atoms with Crippen LogP contribution in [-0.2, 0) is 10.0 Å². The number of hydrogen-bond acceptors (Lipinski definition) is 4. The Kier molecular flexibility index (Phi) is 8.59. The molecule has 1 saturated heterocycles. The summed E-state index contributed by atoms with van der Waals surface area (Å²) in [5, 5.41) is 0.393. The molecule has 3 aromatic carbocycles. The van der Waals surface area contributed by atoms with Gasteiger partial charge in [-0.05, 0) is 35.9 Å². The molecule has 1 aliphatic rings. The van der Waals surface area contributed by atoms with E-state index < -0.39 is 10.0 Å². The first-order valence-corrected chi connectivity index (χ1v) is 13.9. The maximum absolute atomic E-state index is 13.3. The van der Waals surface area contributed by atoms with E-state index in [0.29, 0.717) is 31.2 Å². The van der Waals surface area contributed by atoms with Crippen molar-refractivity contribution >= 4 is 62.5 Å². The first-order chi connectivity index (χ1) is 17.2. The maximum Gasteiger partial charge on any atom is 0.263 e. The molecule has 0 aromatic heterocycles. The highest BCUT2D eigenvalue weighted by molar-refractivity contribution is 7.92. The maximum atomic E-state index is 13.3. The SMILES string of the molecule is O=C(c1cc(S(=O)(=O)Nc2cccc(Cl)c2)c(Cl)cc1Cl)N1CCN(C/C=C/c2ccccc2)CC1. The zero-order valence-corrected chi connectivity index (χ0v) is 22.3. The third-order valence-corrected chi connectivity index (χ3v) is 8.15. The highest BCUT2D eigenvalue weighted by Crippen LogP contribution is 2.31. The second-order valence-corrected chi connectivity index (χ2v) is 11.2. The normalized spacial score (nSPS) is 14.8. The molecule has 1 amide bonds. The van der Waals surface area contributed by atoms with Gasteiger partial charge < -0.3 is 4.90 Å². The number of sulfonamides is 1. The van der Waals surface area contributed by atoms with Gasteiger partial charge in [0.15, 0.2) is 0 Å². The number of halogens is 3. The van der Waals surface area contributed by atoms with E-state index in [1.807, 2.05) is 30.3 Å². The van der Waals surface area contributed by atoms with Crippen molar-refractivity contribution in [3.8, 4) is 0 Å². The van der Waals surface area contributed by atoms with E-state index >= 15 is 0 Å². The lowest BCUT2D eigenvalue weighted by Gasteiger charge is -2.34. The van der Waals surface area contributed by atoms with Gasteiger partial charge >= 0.3 is 0 Å². The Labute approximate surface area is 226 Å². The molecule has 1 heterocycles. The molecular weight excluding hydrogens is 541 g/mol. The highest BCUT2D eigenvalue weighted by atomic mass is 35.5. The van der Waals surface area contributed by atoms with E-state index in [9.17, 15) is 13.2 Å². The van der Waals surface area contributed by atoms with Crippen molar-refractivity contribution < 1.29 is 13.2 Å². The fourth-order valence-corrected chi connectivity index (χ4v) is 5.96. The Morgan fingerprint density at radius 1 is 0.889 bits per heavy atom. The molecular formula is C26H24Cl3N3O3S. The lowest BCUT2D eigenvalue weighted by molar-refractivity contribution is 0.0650. The number of piperazine rings is 1. The van der Waals surface area contributed by atoms with Crippen molar-refractivity contribution in [3.63, 3.8) is 0 Å². The van der Waals surface area contributed by atoms with Gasteiger partial charge in [-0.25, -0.2) is 8.42 Å². The van der Waals surface area contributed by atoms with Gasteiger partial charge in [-0.3, -0.25) is 14.4 Å². The summed E-state index contributed by atoms with van der Waals surface area (Å²) in [5.74, 6) is -0.338. The molecule has 1 fully saturated rings. The summed E-state index contributed by atoms with van der Waals surface area (Å²) in [4.78, 5) is 16.9. The fraction of sp³-hybridized carbons (Fsp3) is 0.192. The van der Waals surface area contributed by atoms with Crippen LogP contribution in [-0.4, -0.2) is 56.8 Å². The number of carbonyl (C=O) groups excluding carboxylic acids is 1. The van der Waals surface area contributed by atoms with Gasteiger partial charge in [0.2, 0.25) is 0 Å². The summed E-state index contributed by atoms with van der Waals surface area (Å²) in [6.45, 7) is 3.16. The number of rotatable bonds is 7. The Morgan fingerprint density at radius 3 is 2.31 bits per heavy atom. The van der Waals surface area contributed by atoms with Crippen LogP contribution in [0.1, 0.15) is 15.9 Å². The van der Waals surface area contributed by atoms with E-state index in [1.165, 1.54) is 18.2 Å². The summed E-state index contributed by atoms with van der Waals surface area (Å²) in [6.07, 6.45) is 4.18. The van der Waals surface area contributed by atoms with Crippen molar-refractivity contribution in [2.75, 3.05) is 37.4 Å². The average molecular weight is 565 g/mol. The zero-order chi connectivity index (χ0) is 25.7. The molecule has 4 rings (SSSR count). The minimum absolute atomic E-state index is 0.0823. The quantitative estimate of drug-likeness (QED) is 0.387. The van der Waals surface area contributed by atoms with Gasteiger partial charge in [-0.15, -0.1) is 0 Å². The molecule has 10 heteroatoms. The van der Waals surface area contributed by atoms with Gasteiger partial charge in [0.05, 0.1) is 21.3 Å². The first-order valence-electron chi connectivity index (χ1n) is 11.2. The predicted octanol–water partition coefficient (Wildman–Crippen LogP) is 5.92. The van der Waals surface area contributed by atoms with Crippen LogP contribution in [0.2, 0.25) is 15.1 Å². The van der Waals surface area contributed by atoms with E-state index in [2.05, 4.69) is 21.8 Å². The van der Waals surface area contributed by atoms with Gasteiger partial charge in [-0.2, -0.15) is 0 Å². The molecule has 0 spiro atoms. The molecule has 6 nitrogen and oxygen atoms in total. The Hall–Kier alpha value is -2.55. The number of amides is 1. The van der Waals surface area contributed by atoms with Crippen LogP contribution in [0.15, 0.2) is 77.7 Å². The molecule has 1 N–H and O–H groups in total. The van der Waals surface area contributed by atoms with Gasteiger partial charge in [0.1, 0.15) is 4.90 Å². The van der Waals surface area contributed by atoms with Crippen molar-refractivity contribution in [2.24, 2.45) is 0 Å². The van der Waals surface area contributed by atoms with Crippen LogP contribution < -0.4 is 4.72 Å². The monoisotopic (exact) mass is 563 g/mol. The van der Waals surface area contributed by atoms with Crippen molar-refractivity contribution in [3.05, 3.63) is 99.0 Å². The molecule has 0 aliphatic carbocycles. The number of hydrogen-bond donors (Lipinski definition) is 1. The largest absolute Gasteiger partial charge is 0.336 e. The standard InChI is InChI=1S/C26H24Cl3N3O3S/c27-20-9-4-10-21(16-20)30-36(34,35)25-17-22(23(28)18-24(25)29)26(33)32-14-12-31(13-15-32)11-5-8-19-6-2-1-3-7-19/h1-10,16-18,30H,11-15H2/b8-5+. The van der Waals surface area contributed by atoms with Crippen molar-refractivity contribution in [2.45, 2.75) is 4.90 Å². The molecule has 0 saturated carbocycles. The summed E-state index contributed by atoms with van der Waals surface area (Å²) < 4.78 is 28.5. The van der Waals surface area contributed by atoms with Crippen LogP contribution in [0.3, 0.4) is 0 Å². The summed E-state index contributed by atoms with van der Waals surface area (Å²) >= 11 is 18.5. The van der Waals surface area contributed by atoms with Crippen molar-refractivity contribution in [1.82, 2.24) is 9.80 Å². The molecule has 0 unspecified atom stereocenters. The molecule has 188 valence electrons. The molecule has 0 radical (unpaired) electrons. The Bertz CT molecular complexity index is 1370. The number of carbonyl (C=O) groups is 1. The smallest absolute Gasteiger partial charge is 0.263 e.